The van der Waals surface area contributed by atoms with Gasteiger partial charge in [0.15, 0.2) is 11.8 Å². The zero-order valence-electron chi connectivity index (χ0n) is 13.1. The van der Waals surface area contributed by atoms with Crippen molar-refractivity contribution in [2.45, 2.75) is 51.6 Å². The number of hydrogen-bond donors (Lipinski definition) is 2. The molecule has 2 rings (SSSR count). The molecule has 1 aliphatic carbocycles. The van der Waals surface area contributed by atoms with Crippen molar-refractivity contribution in [2.24, 2.45) is 12.0 Å². The Kier molecular flexibility index (Phi) is 5.78. The normalized spacial score (nSPS) is 16.8. The molecule has 1 aromatic rings. The van der Waals surface area contributed by atoms with Crippen LogP contribution in [-0.4, -0.2) is 33.3 Å². The van der Waals surface area contributed by atoms with Crippen LogP contribution < -0.4 is 10.6 Å². The molecule has 0 unspecified atom stereocenters. The second kappa shape index (κ2) is 7.81. The molecule has 1 fully saturated rings. The fourth-order valence-electron chi connectivity index (χ4n) is 2.50. The van der Waals surface area contributed by atoms with Crippen molar-refractivity contribution in [1.82, 2.24) is 25.4 Å². The number of rotatable bonds is 5. The van der Waals surface area contributed by atoms with Crippen molar-refractivity contribution in [1.29, 1.82) is 0 Å². The molecule has 0 atom stereocenters. The van der Waals surface area contributed by atoms with Gasteiger partial charge in [-0.05, 0) is 19.8 Å². The minimum absolute atomic E-state index is 0.524. The number of aromatic nitrogens is 3. The van der Waals surface area contributed by atoms with Crippen molar-refractivity contribution in [2.75, 3.05) is 6.54 Å². The van der Waals surface area contributed by atoms with E-state index < -0.39 is 0 Å². The number of aryl methyl sites for hydroxylation is 1. The van der Waals surface area contributed by atoms with Crippen LogP contribution in [-0.2, 0) is 13.6 Å². The predicted molar refractivity (Wildman–Crippen MR) is 85.1 cm³/mol. The summed E-state index contributed by atoms with van der Waals surface area (Å²) in [6.07, 6.45) is 8.23. The number of nitrogens with one attached hydrogen (secondary N) is 2. The Morgan fingerprint density at radius 2 is 2.14 bits per heavy atom. The van der Waals surface area contributed by atoms with Crippen LogP contribution in [0.1, 0.15) is 43.8 Å². The van der Waals surface area contributed by atoms with Crippen LogP contribution in [0.5, 0.6) is 0 Å². The quantitative estimate of drug-likeness (QED) is 0.492. The first-order valence-corrected chi connectivity index (χ1v) is 7.71. The first-order valence-electron chi connectivity index (χ1n) is 7.71. The average molecular weight is 290 g/mol. The van der Waals surface area contributed by atoms with E-state index in [1.54, 1.807) is 0 Å². The van der Waals surface area contributed by atoms with Crippen molar-refractivity contribution in [3.05, 3.63) is 24.3 Å². The molecule has 2 N–H and O–H groups in total. The summed E-state index contributed by atoms with van der Waals surface area (Å²) < 4.78 is 1.97. The lowest BCUT2D eigenvalue weighted by molar-refractivity contribution is 0.410. The summed E-state index contributed by atoms with van der Waals surface area (Å²) in [5.41, 5.74) is 0. The second-order valence-electron chi connectivity index (χ2n) is 5.54. The highest BCUT2D eigenvalue weighted by Crippen LogP contribution is 2.17. The summed E-state index contributed by atoms with van der Waals surface area (Å²) in [6, 6.07) is 0.524. The fourth-order valence-corrected chi connectivity index (χ4v) is 2.50. The Morgan fingerprint density at radius 1 is 1.38 bits per heavy atom. The van der Waals surface area contributed by atoms with Gasteiger partial charge in [0.1, 0.15) is 12.4 Å². The van der Waals surface area contributed by atoms with Crippen LogP contribution in [0.4, 0.5) is 0 Å². The number of guanidine groups is 1. The molecule has 0 amide bonds. The summed E-state index contributed by atoms with van der Waals surface area (Å²) in [5, 5.41) is 15.0. The first-order chi connectivity index (χ1) is 10.2. The highest BCUT2D eigenvalue weighted by molar-refractivity contribution is 5.80. The van der Waals surface area contributed by atoms with E-state index in [0.29, 0.717) is 19.1 Å². The lowest BCUT2D eigenvalue weighted by atomic mass is 9.96. The molecular weight excluding hydrogens is 264 g/mol. The third-order valence-corrected chi connectivity index (χ3v) is 3.92. The summed E-state index contributed by atoms with van der Waals surface area (Å²) in [6.45, 7) is 6.91. The molecule has 1 heterocycles. The molecule has 0 aliphatic heterocycles. The zero-order valence-corrected chi connectivity index (χ0v) is 13.1. The molecule has 0 bridgehead atoms. The zero-order chi connectivity index (χ0) is 15.1. The van der Waals surface area contributed by atoms with Gasteiger partial charge in [0.25, 0.3) is 0 Å². The van der Waals surface area contributed by atoms with E-state index in [-0.39, 0.29) is 0 Å². The number of nitrogens with zero attached hydrogens (tertiary/aromatic N) is 4. The summed E-state index contributed by atoms with van der Waals surface area (Å²) in [5.74, 6) is 2.61. The van der Waals surface area contributed by atoms with E-state index in [2.05, 4.69) is 32.4 Å². The minimum atomic E-state index is 0.524. The molecule has 1 aliphatic rings. The van der Waals surface area contributed by atoms with Gasteiger partial charge in [-0.3, -0.25) is 0 Å². The van der Waals surface area contributed by atoms with E-state index in [0.717, 1.165) is 17.6 Å². The SMILES string of the molecule is C=CCNC(=NCc1nnc(C)n1C)NC1CCCCC1. The predicted octanol–water partition coefficient (Wildman–Crippen LogP) is 1.68. The monoisotopic (exact) mass is 290 g/mol. The summed E-state index contributed by atoms with van der Waals surface area (Å²) >= 11 is 0. The Hall–Kier alpha value is -1.85. The van der Waals surface area contributed by atoms with Crippen LogP contribution in [0, 0.1) is 6.92 Å². The van der Waals surface area contributed by atoms with E-state index in [9.17, 15) is 0 Å². The second-order valence-corrected chi connectivity index (χ2v) is 5.54. The van der Waals surface area contributed by atoms with E-state index >= 15 is 0 Å². The third-order valence-electron chi connectivity index (χ3n) is 3.92. The van der Waals surface area contributed by atoms with E-state index in [1.807, 2.05) is 24.6 Å². The molecule has 1 aromatic heterocycles. The molecule has 0 radical (unpaired) electrons. The van der Waals surface area contributed by atoms with Gasteiger partial charge in [-0.1, -0.05) is 25.3 Å². The van der Waals surface area contributed by atoms with Crippen molar-refractivity contribution in [3.8, 4) is 0 Å². The molecule has 0 spiro atoms. The van der Waals surface area contributed by atoms with Crippen LogP contribution >= 0.6 is 0 Å². The molecule has 1 saturated carbocycles. The maximum absolute atomic E-state index is 4.62. The molecule has 6 heteroatoms. The van der Waals surface area contributed by atoms with Crippen LogP contribution in [0.25, 0.3) is 0 Å². The molecule has 116 valence electrons. The number of aliphatic imine (C=N–C) groups is 1. The summed E-state index contributed by atoms with van der Waals surface area (Å²) in [4.78, 5) is 4.62. The van der Waals surface area contributed by atoms with E-state index in [4.69, 9.17) is 0 Å². The van der Waals surface area contributed by atoms with Crippen LogP contribution in [0.2, 0.25) is 0 Å². The van der Waals surface area contributed by atoms with Gasteiger partial charge in [-0.15, -0.1) is 16.8 Å². The minimum Gasteiger partial charge on any atom is -0.354 e. The maximum atomic E-state index is 4.62. The van der Waals surface area contributed by atoms with Crippen LogP contribution in [0.3, 0.4) is 0 Å². The van der Waals surface area contributed by atoms with Gasteiger partial charge in [0.05, 0.1) is 0 Å². The molecular formula is C15H26N6. The van der Waals surface area contributed by atoms with E-state index in [1.165, 1.54) is 32.1 Å². The van der Waals surface area contributed by atoms with Crippen molar-refractivity contribution < 1.29 is 0 Å². The summed E-state index contributed by atoms with van der Waals surface area (Å²) in [7, 11) is 1.96. The first kappa shape index (κ1) is 15.5. The molecule has 6 nitrogen and oxygen atoms in total. The lowest BCUT2D eigenvalue weighted by Gasteiger charge is -2.24. The Bertz CT molecular complexity index is 484. The Balaban J connectivity index is 1.98. The highest BCUT2D eigenvalue weighted by Gasteiger charge is 2.14. The van der Waals surface area contributed by atoms with Gasteiger partial charge in [-0.25, -0.2) is 4.99 Å². The average Bonchev–Trinajstić information content (AvgIpc) is 2.83. The van der Waals surface area contributed by atoms with Crippen molar-refractivity contribution >= 4 is 5.96 Å². The molecule has 0 aromatic carbocycles. The topological polar surface area (TPSA) is 67.1 Å². The van der Waals surface area contributed by atoms with Crippen molar-refractivity contribution in [3.63, 3.8) is 0 Å². The smallest absolute Gasteiger partial charge is 0.192 e. The molecule has 0 saturated heterocycles. The highest BCUT2D eigenvalue weighted by atomic mass is 15.3. The van der Waals surface area contributed by atoms with Gasteiger partial charge < -0.3 is 15.2 Å². The van der Waals surface area contributed by atoms with Gasteiger partial charge >= 0.3 is 0 Å². The molecule has 21 heavy (non-hydrogen) atoms. The Morgan fingerprint density at radius 3 is 2.76 bits per heavy atom. The van der Waals surface area contributed by atoms with Gasteiger partial charge in [-0.2, -0.15) is 0 Å². The number of hydrogen-bond acceptors (Lipinski definition) is 3. The third kappa shape index (κ3) is 4.58. The Labute approximate surface area is 126 Å². The van der Waals surface area contributed by atoms with Gasteiger partial charge in [0, 0.05) is 19.6 Å². The maximum Gasteiger partial charge on any atom is 0.192 e. The standard InChI is InChI=1S/C15H26N6/c1-4-10-16-15(18-13-8-6-5-7-9-13)17-11-14-20-19-12(2)21(14)3/h4,13H,1,5-11H2,2-3H3,(H2,16,17,18). The lowest BCUT2D eigenvalue weighted by Crippen LogP contribution is -2.44. The fraction of sp³-hybridized carbons (Fsp3) is 0.667. The van der Waals surface area contributed by atoms with Gasteiger partial charge in [0.2, 0.25) is 0 Å². The largest absolute Gasteiger partial charge is 0.354 e. The van der Waals surface area contributed by atoms with Crippen LogP contribution in [0.15, 0.2) is 17.6 Å².